The van der Waals surface area contributed by atoms with Crippen LogP contribution in [-0.4, -0.2) is 106 Å². The van der Waals surface area contributed by atoms with Crippen molar-refractivity contribution in [3.63, 3.8) is 0 Å². The summed E-state index contributed by atoms with van der Waals surface area (Å²) in [6.07, 6.45) is 2.30. The molecule has 1 saturated heterocycles. The zero-order valence-electron chi connectivity index (χ0n) is 29.9. The number of phosphoric acid groups is 1. The highest BCUT2D eigenvalue weighted by molar-refractivity contribution is 7.47. The van der Waals surface area contributed by atoms with Crippen LogP contribution in [0.4, 0.5) is 0 Å². The van der Waals surface area contributed by atoms with E-state index >= 15 is 0 Å². The van der Waals surface area contributed by atoms with Crippen LogP contribution in [0, 0.1) is 16.7 Å². The SMILES string of the molecule is C/C=C\N(C)C1OC(COP(O)O)C(OP(=O)(O)OCC(CO)CCCCNC(=O)CC(C)(C)CC(C)(C)C)C1O.CC.O=CNC=O. The Hall–Kier alpha value is -1.55. The molecule has 284 valence electrons. The zero-order valence-corrected chi connectivity index (χ0v) is 31.7. The fourth-order valence-corrected chi connectivity index (χ4v) is 6.51. The zero-order chi connectivity index (χ0) is 37.6. The van der Waals surface area contributed by atoms with E-state index in [1.165, 1.54) is 4.90 Å². The van der Waals surface area contributed by atoms with Crippen LogP contribution in [0.2, 0.25) is 0 Å². The minimum absolute atomic E-state index is 0.00446. The molecule has 0 aliphatic carbocycles. The summed E-state index contributed by atoms with van der Waals surface area (Å²) in [6, 6.07) is 0. The maximum absolute atomic E-state index is 12.7. The number of nitrogens with zero attached hydrogens (tertiary/aromatic N) is 1. The average molecular weight is 734 g/mol. The second-order valence-corrected chi connectivity index (χ2v) is 15.1. The normalized spacial score (nSPS) is 21.3. The maximum atomic E-state index is 12.7. The molecule has 1 aliphatic heterocycles. The second kappa shape index (κ2) is 25.4. The number of unbranched alkanes of at least 4 members (excludes halogenated alkanes) is 1. The van der Waals surface area contributed by atoms with Gasteiger partial charge >= 0.3 is 16.4 Å². The Morgan fingerprint density at radius 3 is 2.21 bits per heavy atom. The molecule has 0 aromatic carbocycles. The summed E-state index contributed by atoms with van der Waals surface area (Å²) in [5, 5.41) is 25.1. The third-order valence-electron chi connectivity index (χ3n) is 6.58. The van der Waals surface area contributed by atoms with E-state index in [0.29, 0.717) is 45.0 Å². The molecule has 0 bridgehead atoms. The van der Waals surface area contributed by atoms with Gasteiger partial charge in [-0.2, -0.15) is 0 Å². The number of rotatable bonds is 21. The Labute approximate surface area is 287 Å². The first-order valence-corrected chi connectivity index (χ1v) is 18.6. The van der Waals surface area contributed by atoms with E-state index in [-0.39, 0.29) is 30.0 Å². The highest BCUT2D eigenvalue weighted by atomic mass is 31.2. The summed E-state index contributed by atoms with van der Waals surface area (Å²) < 4.78 is 33.6. The number of imide groups is 1. The van der Waals surface area contributed by atoms with Crippen molar-refractivity contribution in [1.82, 2.24) is 15.5 Å². The van der Waals surface area contributed by atoms with E-state index in [1.54, 1.807) is 31.6 Å². The van der Waals surface area contributed by atoms with Gasteiger partial charge in [0.15, 0.2) is 6.23 Å². The quantitative estimate of drug-likeness (QED) is 0.0511. The van der Waals surface area contributed by atoms with Gasteiger partial charge in [0.1, 0.15) is 18.3 Å². The molecule has 0 radical (unpaired) electrons. The van der Waals surface area contributed by atoms with Crippen LogP contribution < -0.4 is 10.6 Å². The standard InChI is InChI=1S/C26H52N2O11P2.C2H3NO2.C2H6/c1-8-13-28(7)24-22(31)23(20(38-24)17-36-40(32)33)39-41(34,35)37-16-19(15-29)11-9-10-12-27-21(30)14-26(5,6)18-25(2,3)4;4-1-3-2-5;1-2/h8,13,19-20,22-24,29,31-33H,9-12,14-18H2,1-7H3,(H,27,30)(H,34,35);1-2H,(H,3,4,5);1-2H3/b13-8-;;. The Bertz CT molecular complexity index is 961. The maximum Gasteiger partial charge on any atom is 0.472 e. The highest BCUT2D eigenvalue weighted by Crippen LogP contribution is 2.48. The van der Waals surface area contributed by atoms with Crippen molar-refractivity contribution in [2.45, 2.75) is 112 Å². The van der Waals surface area contributed by atoms with Crippen LogP contribution in [-0.2, 0) is 37.3 Å². The molecule has 1 aliphatic rings. The molecule has 7 N–H and O–H groups in total. The molecule has 18 heteroatoms. The van der Waals surface area contributed by atoms with E-state index in [1.807, 2.05) is 13.8 Å². The summed E-state index contributed by atoms with van der Waals surface area (Å²) >= 11 is 0. The number of nitrogens with one attached hydrogen (secondary N) is 2. The number of ether oxygens (including phenoxy) is 1. The van der Waals surface area contributed by atoms with Crippen molar-refractivity contribution in [2.24, 2.45) is 16.7 Å². The van der Waals surface area contributed by atoms with Crippen molar-refractivity contribution >= 4 is 35.2 Å². The predicted molar refractivity (Wildman–Crippen MR) is 182 cm³/mol. The molecule has 0 saturated carbocycles. The average Bonchev–Trinajstić information content (AvgIpc) is 3.27. The smallest absolute Gasteiger partial charge is 0.396 e. The van der Waals surface area contributed by atoms with E-state index in [0.717, 1.165) is 6.42 Å². The highest BCUT2D eigenvalue weighted by Gasteiger charge is 2.49. The number of carbonyl (C=O) groups is 3. The van der Waals surface area contributed by atoms with Crippen molar-refractivity contribution < 1.29 is 62.2 Å². The van der Waals surface area contributed by atoms with E-state index in [2.05, 4.69) is 39.9 Å². The molecule has 0 aromatic heterocycles. The summed E-state index contributed by atoms with van der Waals surface area (Å²) in [5.74, 6) is -0.458. The van der Waals surface area contributed by atoms with Gasteiger partial charge in [0.05, 0.1) is 13.2 Å². The third kappa shape index (κ3) is 23.0. The number of phosphoric ester groups is 1. The van der Waals surface area contributed by atoms with Gasteiger partial charge in [0.25, 0.3) is 0 Å². The summed E-state index contributed by atoms with van der Waals surface area (Å²) in [5.41, 5.74) is 0.0188. The lowest BCUT2D eigenvalue weighted by Gasteiger charge is -2.31. The van der Waals surface area contributed by atoms with Crippen LogP contribution in [0.15, 0.2) is 12.3 Å². The van der Waals surface area contributed by atoms with Gasteiger partial charge in [0.2, 0.25) is 18.7 Å². The van der Waals surface area contributed by atoms with E-state index in [4.69, 9.17) is 37.7 Å². The fourth-order valence-electron chi connectivity index (χ4n) is 5.20. The molecule has 16 nitrogen and oxygen atoms in total. The van der Waals surface area contributed by atoms with Gasteiger partial charge in [0, 0.05) is 32.5 Å². The van der Waals surface area contributed by atoms with Crippen molar-refractivity contribution in [3.8, 4) is 0 Å². The van der Waals surface area contributed by atoms with Gasteiger partial charge in [-0.25, -0.2) is 4.57 Å². The first-order chi connectivity index (χ1) is 22.3. The predicted octanol–water partition coefficient (Wildman–Crippen LogP) is 2.93. The molecular weight excluding hydrogens is 672 g/mol. The molecule has 6 unspecified atom stereocenters. The van der Waals surface area contributed by atoms with Crippen LogP contribution in [0.5, 0.6) is 0 Å². The molecule has 6 atom stereocenters. The molecule has 48 heavy (non-hydrogen) atoms. The minimum Gasteiger partial charge on any atom is -0.396 e. The largest absolute Gasteiger partial charge is 0.472 e. The van der Waals surface area contributed by atoms with Crippen LogP contribution in [0.1, 0.15) is 87.5 Å². The second-order valence-electron chi connectivity index (χ2n) is 13.0. The molecule has 1 rings (SSSR count). The molecule has 3 amide bonds. The van der Waals surface area contributed by atoms with Gasteiger partial charge in [-0.3, -0.25) is 23.4 Å². The lowest BCUT2D eigenvalue weighted by atomic mass is 9.74. The Morgan fingerprint density at radius 2 is 1.73 bits per heavy atom. The number of amides is 3. The molecule has 1 heterocycles. The number of aliphatic hydroxyl groups is 2. The lowest BCUT2D eigenvalue weighted by Crippen LogP contribution is -2.40. The van der Waals surface area contributed by atoms with E-state index in [9.17, 15) is 24.5 Å². The number of hydrogen-bond acceptors (Lipinski definition) is 13. The number of carbonyl (C=O) groups excluding carboxylic acids is 3. The van der Waals surface area contributed by atoms with Gasteiger partial charge in [-0.15, -0.1) is 0 Å². The Morgan fingerprint density at radius 1 is 1.12 bits per heavy atom. The number of allylic oxidation sites excluding steroid dienone is 1. The van der Waals surface area contributed by atoms with Crippen molar-refractivity contribution in [2.75, 3.05) is 33.4 Å². The third-order valence-corrected chi connectivity index (χ3v) is 7.95. The molecular formula is C30H61N3O13P2. The Balaban J connectivity index is 0. The Kier molecular flexibility index (Phi) is 25.7. The summed E-state index contributed by atoms with van der Waals surface area (Å²) in [6.45, 7) is 15.9. The van der Waals surface area contributed by atoms with Crippen LogP contribution >= 0.6 is 16.4 Å². The molecule has 0 aromatic rings. The number of likely N-dealkylation sites (N-methyl/N-ethyl adjacent to an activating group) is 1. The van der Waals surface area contributed by atoms with Crippen molar-refractivity contribution in [3.05, 3.63) is 12.3 Å². The minimum atomic E-state index is -4.72. The summed E-state index contributed by atoms with van der Waals surface area (Å²) in [4.78, 5) is 60.5. The topological polar surface area (TPSA) is 234 Å². The molecule has 1 fully saturated rings. The fraction of sp³-hybridized carbons (Fsp3) is 0.833. The lowest BCUT2D eigenvalue weighted by molar-refractivity contribution is -0.123. The van der Waals surface area contributed by atoms with Gasteiger partial charge < -0.3 is 49.7 Å². The van der Waals surface area contributed by atoms with Crippen LogP contribution in [0.3, 0.4) is 0 Å². The summed E-state index contributed by atoms with van der Waals surface area (Å²) in [7, 11) is -5.81. The molecule has 0 spiro atoms. The van der Waals surface area contributed by atoms with Gasteiger partial charge in [-0.05, 0) is 43.2 Å². The van der Waals surface area contributed by atoms with Crippen molar-refractivity contribution in [1.29, 1.82) is 0 Å². The van der Waals surface area contributed by atoms with Gasteiger partial charge in [-0.1, -0.05) is 61.0 Å². The number of aliphatic hydroxyl groups excluding tert-OH is 2. The first kappa shape index (κ1) is 48.6. The first-order valence-electron chi connectivity index (χ1n) is 16.0. The van der Waals surface area contributed by atoms with Crippen LogP contribution in [0.25, 0.3) is 0 Å². The van der Waals surface area contributed by atoms with E-state index < -0.39 is 53.5 Å². The number of hydrogen-bond donors (Lipinski definition) is 7. The monoisotopic (exact) mass is 733 g/mol.